The molecule has 0 saturated carbocycles. The first-order valence-corrected chi connectivity index (χ1v) is 16.7. The smallest absolute Gasteiger partial charge is 0.220 e. The number of methoxy groups -OCH3 is 2. The lowest BCUT2D eigenvalue weighted by Crippen LogP contribution is -2.35. The third kappa shape index (κ3) is 7.27. The average Bonchev–Trinajstić information content (AvgIpc) is 3.49. The molecule has 0 unspecified atom stereocenters. The summed E-state index contributed by atoms with van der Waals surface area (Å²) in [7, 11) is 3.30. The summed E-state index contributed by atoms with van der Waals surface area (Å²) in [6, 6.07) is 20.2. The van der Waals surface area contributed by atoms with Gasteiger partial charge in [0, 0.05) is 78.6 Å². The van der Waals surface area contributed by atoms with Crippen LogP contribution < -0.4 is 20.1 Å². The Kier molecular flexibility index (Phi) is 10.3. The first-order valence-electron chi connectivity index (χ1n) is 16.0. The molecule has 3 N–H and O–H groups in total. The number of nitrogens with one attached hydrogen (secondary N) is 2. The van der Waals surface area contributed by atoms with E-state index in [0.717, 1.165) is 70.6 Å². The summed E-state index contributed by atoms with van der Waals surface area (Å²) >= 11 is 14.3. The second-order valence-electron chi connectivity index (χ2n) is 12.3. The molecule has 2 aliphatic rings. The molecule has 4 aromatic rings. The molecule has 0 radical (unpaired) electrons. The predicted octanol–water partition coefficient (Wildman–Crippen LogP) is 6.51. The SMILES string of the molecule is COc1cc(-c2cccc(-c3cccc(-c4ccc(CNC[C@@H]5CCC(=O)N5)c(OC)n4)c3Cl)c2Cl)cc2c1CN(C[C@@H](C)O)CC2. The van der Waals surface area contributed by atoms with Crippen molar-refractivity contribution in [2.24, 2.45) is 0 Å². The van der Waals surface area contributed by atoms with Crippen LogP contribution in [-0.2, 0) is 24.3 Å². The minimum absolute atomic E-state index is 0.105. The van der Waals surface area contributed by atoms with Crippen molar-refractivity contribution < 1.29 is 19.4 Å². The third-order valence-corrected chi connectivity index (χ3v) is 9.74. The fraction of sp³-hybridized carbons (Fsp3) is 0.351. The third-order valence-electron chi connectivity index (χ3n) is 8.92. The number of aliphatic hydroxyl groups excluding tert-OH is 1. The van der Waals surface area contributed by atoms with Crippen LogP contribution in [0.2, 0.25) is 10.0 Å². The number of pyridine rings is 1. The number of fused-ring (bicyclic) bond motifs is 1. The van der Waals surface area contributed by atoms with Gasteiger partial charge in [-0.25, -0.2) is 4.98 Å². The highest BCUT2D eigenvalue weighted by Crippen LogP contribution is 2.44. The summed E-state index contributed by atoms with van der Waals surface area (Å²) < 4.78 is 11.5. The van der Waals surface area contributed by atoms with E-state index < -0.39 is 0 Å². The Hall–Kier alpha value is -3.66. The van der Waals surface area contributed by atoms with E-state index in [4.69, 9.17) is 37.7 Å². The summed E-state index contributed by atoms with van der Waals surface area (Å²) in [5.41, 5.74) is 8.26. The Morgan fingerprint density at radius 1 is 1.00 bits per heavy atom. The van der Waals surface area contributed by atoms with Crippen LogP contribution in [0.1, 0.15) is 36.5 Å². The van der Waals surface area contributed by atoms with Gasteiger partial charge in [0.2, 0.25) is 11.8 Å². The first-order chi connectivity index (χ1) is 22.7. The van der Waals surface area contributed by atoms with Gasteiger partial charge in [0.05, 0.1) is 36.1 Å². The van der Waals surface area contributed by atoms with Crippen molar-refractivity contribution in [2.45, 2.75) is 51.4 Å². The number of benzene rings is 3. The van der Waals surface area contributed by atoms with E-state index in [2.05, 4.69) is 21.6 Å². The number of aliphatic hydroxyl groups is 1. The number of rotatable bonds is 11. The quantitative estimate of drug-likeness (QED) is 0.167. The molecule has 2 aliphatic heterocycles. The van der Waals surface area contributed by atoms with Gasteiger partial charge in [-0.2, -0.15) is 0 Å². The molecule has 1 amide bonds. The fourth-order valence-corrected chi connectivity index (χ4v) is 7.26. The number of ether oxygens (including phenoxy) is 2. The minimum Gasteiger partial charge on any atom is -0.496 e. The number of amides is 1. The normalized spacial score (nSPS) is 16.9. The molecule has 246 valence electrons. The van der Waals surface area contributed by atoms with Crippen LogP contribution in [-0.4, -0.2) is 66.9 Å². The highest BCUT2D eigenvalue weighted by molar-refractivity contribution is 6.39. The van der Waals surface area contributed by atoms with Crippen LogP contribution in [0.3, 0.4) is 0 Å². The molecule has 47 heavy (non-hydrogen) atoms. The highest BCUT2D eigenvalue weighted by atomic mass is 35.5. The Balaban J connectivity index is 1.27. The monoisotopic (exact) mass is 674 g/mol. The van der Waals surface area contributed by atoms with Crippen molar-refractivity contribution in [1.29, 1.82) is 0 Å². The van der Waals surface area contributed by atoms with Gasteiger partial charge >= 0.3 is 0 Å². The molecule has 0 bridgehead atoms. The second-order valence-corrected chi connectivity index (χ2v) is 13.0. The fourth-order valence-electron chi connectivity index (χ4n) is 6.60. The van der Waals surface area contributed by atoms with E-state index in [9.17, 15) is 9.90 Å². The lowest BCUT2D eigenvalue weighted by atomic mass is 9.91. The summed E-state index contributed by atoms with van der Waals surface area (Å²) in [6.07, 6.45) is 1.90. The Morgan fingerprint density at radius 2 is 1.72 bits per heavy atom. The van der Waals surface area contributed by atoms with Crippen LogP contribution >= 0.6 is 23.2 Å². The van der Waals surface area contributed by atoms with Crippen molar-refractivity contribution >= 4 is 29.1 Å². The van der Waals surface area contributed by atoms with Crippen molar-refractivity contribution in [3.8, 4) is 45.1 Å². The van der Waals surface area contributed by atoms with Crippen LogP contribution in [0.4, 0.5) is 0 Å². The average molecular weight is 676 g/mol. The second kappa shape index (κ2) is 14.6. The number of nitrogens with zero attached hydrogens (tertiary/aromatic N) is 2. The number of aromatic nitrogens is 1. The Morgan fingerprint density at radius 3 is 2.40 bits per heavy atom. The predicted molar refractivity (Wildman–Crippen MR) is 187 cm³/mol. The van der Waals surface area contributed by atoms with E-state index in [0.29, 0.717) is 47.7 Å². The van der Waals surface area contributed by atoms with Crippen LogP contribution in [0.15, 0.2) is 60.7 Å². The number of hydrogen-bond donors (Lipinski definition) is 3. The lowest BCUT2D eigenvalue weighted by molar-refractivity contribution is -0.119. The maximum Gasteiger partial charge on any atom is 0.220 e. The van der Waals surface area contributed by atoms with E-state index in [1.54, 1.807) is 14.2 Å². The number of β-amino-alcohol motifs (C(OH)–C–C–N with tert-alkyl or cyclic N) is 1. The maximum atomic E-state index is 11.5. The molecule has 3 aromatic carbocycles. The molecule has 0 aliphatic carbocycles. The molecule has 1 aromatic heterocycles. The summed E-state index contributed by atoms with van der Waals surface area (Å²) in [6.45, 7) is 5.30. The molecule has 0 spiro atoms. The zero-order chi connectivity index (χ0) is 33.1. The molecule has 3 heterocycles. The van der Waals surface area contributed by atoms with E-state index in [-0.39, 0.29) is 18.1 Å². The van der Waals surface area contributed by atoms with Gasteiger partial charge in [0.1, 0.15) is 5.75 Å². The molecular weight excluding hydrogens is 635 g/mol. The number of halogens is 2. The topological polar surface area (TPSA) is 96.0 Å². The van der Waals surface area contributed by atoms with Crippen LogP contribution in [0, 0.1) is 0 Å². The van der Waals surface area contributed by atoms with E-state index >= 15 is 0 Å². The minimum atomic E-state index is -0.382. The summed E-state index contributed by atoms with van der Waals surface area (Å²) in [5.74, 6) is 1.44. The first kappa shape index (κ1) is 33.2. The molecule has 1 fully saturated rings. The number of carbonyl (C=O) groups is 1. The van der Waals surface area contributed by atoms with Crippen LogP contribution in [0.25, 0.3) is 33.5 Å². The van der Waals surface area contributed by atoms with Crippen molar-refractivity contribution in [1.82, 2.24) is 20.5 Å². The molecule has 8 nitrogen and oxygen atoms in total. The number of hydrogen-bond acceptors (Lipinski definition) is 7. The maximum absolute atomic E-state index is 11.5. The molecule has 2 atom stereocenters. The van der Waals surface area contributed by atoms with Gasteiger partial charge in [0.25, 0.3) is 0 Å². The standard InChI is InChI=1S/C37H40Cl2N4O4/c1-22(44)20-43-15-14-23-16-25(17-33(46-2)31(23)21-43)27-6-4-7-28(35(27)38)29-8-5-9-30(36(29)39)32-12-10-24(37(42-32)47-3)18-40-19-26-11-13-34(45)41-26/h4-10,12,16-17,22,26,40,44H,11,13-15,18-21H2,1-3H3,(H,41,45)/t22-,26+/m1/s1. The van der Waals surface area contributed by atoms with E-state index in [1.165, 1.54) is 5.56 Å². The number of carbonyl (C=O) groups excluding carboxylic acids is 1. The Bertz CT molecular complexity index is 1760. The zero-order valence-corrected chi connectivity index (χ0v) is 28.4. The lowest BCUT2D eigenvalue weighted by Gasteiger charge is -2.31. The zero-order valence-electron chi connectivity index (χ0n) is 26.9. The van der Waals surface area contributed by atoms with Gasteiger partial charge in [0.15, 0.2) is 0 Å². The molecule has 10 heteroatoms. The van der Waals surface area contributed by atoms with Gasteiger partial charge < -0.3 is 25.2 Å². The van der Waals surface area contributed by atoms with Gasteiger partial charge in [-0.1, -0.05) is 71.7 Å². The largest absolute Gasteiger partial charge is 0.496 e. The summed E-state index contributed by atoms with van der Waals surface area (Å²) in [5, 5.41) is 17.4. The highest BCUT2D eigenvalue weighted by Gasteiger charge is 2.24. The molecule has 1 saturated heterocycles. The molecular formula is C37H40Cl2N4O4. The van der Waals surface area contributed by atoms with Gasteiger partial charge in [-0.05, 0) is 43.0 Å². The van der Waals surface area contributed by atoms with Crippen molar-refractivity contribution in [3.63, 3.8) is 0 Å². The van der Waals surface area contributed by atoms with Crippen molar-refractivity contribution in [3.05, 3.63) is 87.4 Å². The van der Waals surface area contributed by atoms with Crippen LogP contribution in [0.5, 0.6) is 11.6 Å². The van der Waals surface area contributed by atoms with Gasteiger partial charge in [-0.3, -0.25) is 9.69 Å². The van der Waals surface area contributed by atoms with Crippen molar-refractivity contribution in [2.75, 3.05) is 33.9 Å². The molecule has 6 rings (SSSR count). The summed E-state index contributed by atoms with van der Waals surface area (Å²) in [4.78, 5) is 18.6. The Labute approximate surface area is 286 Å². The van der Waals surface area contributed by atoms with Gasteiger partial charge in [-0.15, -0.1) is 0 Å². The van der Waals surface area contributed by atoms with E-state index in [1.807, 2.05) is 61.5 Å².